The topological polar surface area (TPSA) is 89.5 Å². The Labute approximate surface area is 167 Å². The molecule has 2 heterocycles. The van der Waals surface area contributed by atoms with Gasteiger partial charge in [-0.25, -0.2) is 14.6 Å². The van der Waals surface area contributed by atoms with E-state index in [0.29, 0.717) is 21.3 Å². The summed E-state index contributed by atoms with van der Waals surface area (Å²) in [5, 5.41) is 6.59. The van der Waals surface area contributed by atoms with Gasteiger partial charge >= 0.3 is 11.9 Å². The van der Waals surface area contributed by atoms with Crippen LogP contribution in [0.15, 0.2) is 18.3 Å². The summed E-state index contributed by atoms with van der Waals surface area (Å²) in [6, 6.07) is 3.71. The molecule has 0 saturated heterocycles. The lowest BCUT2D eigenvalue weighted by atomic mass is 10.1. The molecule has 0 aliphatic heterocycles. The molecule has 0 saturated carbocycles. The van der Waals surface area contributed by atoms with Crippen molar-refractivity contribution in [2.24, 2.45) is 0 Å². The zero-order valence-corrected chi connectivity index (χ0v) is 17.2. The Morgan fingerprint density at radius 3 is 2.44 bits per heavy atom. The normalized spacial score (nSPS) is 10.2. The summed E-state index contributed by atoms with van der Waals surface area (Å²) in [5.41, 5.74) is 1.79. The third-order valence-corrected chi connectivity index (χ3v) is 4.86. The Hall–Kier alpha value is -2.52. The molecule has 2 aromatic rings. The highest BCUT2D eigenvalue weighted by Gasteiger charge is 2.26. The zero-order valence-electron chi connectivity index (χ0n) is 15.5. The lowest BCUT2D eigenvalue weighted by Gasteiger charge is -2.10. The summed E-state index contributed by atoms with van der Waals surface area (Å²) in [6.45, 7) is 7.52. The van der Waals surface area contributed by atoms with E-state index in [1.165, 1.54) is 0 Å². The van der Waals surface area contributed by atoms with Crippen LogP contribution in [0.4, 0.5) is 10.8 Å². The summed E-state index contributed by atoms with van der Waals surface area (Å²) in [5.74, 6) is -0.442. The third-order valence-electron chi connectivity index (χ3n) is 3.47. The molecule has 0 aromatic carbocycles. The Bertz CT molecular complexity index is 864. The summed E-state index contributed by atoms with van der Waals surface area (Å²) < 4.78 is 10.2. The first-order valence-corrected chi connectivity index (χ1v) is 9.58. The number of aryl methyl sites for hydroxylation is 1. The van der Waals surface area contributed by atoms with Crippen molar-refractivity contribution < 1.29 is 19.1 Å². The molecule has 9 heteroatoms. The zero-order chi connectivity index (χ0) is 20.0. The minimum Gasteiger partial charge on any atom is -0.462 e. The van der Waals surface area contributed by atoms with Gasteiger partial charge < -0.3 is 20.1 Å². The number of hydrogen-bond donors (Lipinski definition) is 2. The number of thiocarbonyl (C=S) groups is 1. The monoisotopic (exact) mass is 407 g/mol. The van der Waals surface area contributed by atoms with Gasteiger partial charge in [0.15, 0.2) is 5.11 Å². The largest absolute Gasteiger partial charge is 0.462 e. The second-order valence-electron chi connectivity index (χ2n) is 5.50. The average Bonchev–Trinajstić information content (AvgIpc) is 2.91. The standard InChI is InChI=1S/C18H21N3O4S2/c1-5-24-16(22)13-11(4)14(17(23)25-6-2)27-15(13)21-18(26)20-12-9-10(3)7-8-19-12/h7-9H,5-6H2,1-4H3,(H2,19,20,21,26). The smallest absolute Gasteiger partial charge is 0.348 e. The molecule has 0 bridgehead atoms. The Balaban J connectivity index is 2.30. The van der Waals surface area contributed by atoms with Crippen molar-refractivity contribution in [3.63, 3.8) is 0 Å². The van der Waals surface area contributed by atoms with Crippen molar-refractivity contribution in [1.82, 2.24) is 4.98 Å². The van der Waals surface area contributed by atoms with Gasteiger partial charge in [0, 0.05) is 6.20 Å². The molecule has 27 heavy (non-hydrogen) atoms. The van der Waals surface area contributed by atoms with Crippen molar-refractivity contribution in [3.05, 3.63) is 39.9 Å². The van der Waals surface area contributed by atoms with Crippen LogP contribution in [0.25, 0.3) is 0 Å². The number of rotatable bonds is 6. The van der Waals surface area contributed by atoms with Gasteiger partial charge in [-0.2, -0.15) is 0 Å². The van der Waals surface area contributed by atoms with E-state index in [1.807, 2.05) is 19.1 Å². The van der Waals surface area contributed by atoms with Crippen LogP contribution in [0.3, 0.4) is 0 Å². The predicted octanol–water partition coefficient (Wildman–Crippen LogP) is 3.92. The van der Waals surface area contributed by atoms with E-state index >= 15 is 0 Å². The van der Waals surface area contributed by atoms with Crippen LogP contribution in [0.2, 0.25) is 0 Å². The predicted molar refractivity (Wildman–Crippen MR) is 110 cm³/mol. The maximum absolute atomic E-state index is 12.4. The van der Waals surface area contributed by atoms with Gasteiger partial charge in [0.1, 0.15) is 15.7 Å². The van der Waals surface area contributed by atoms with Crippen molar-refractivity contribution in [3.8, 4) is 0 Å². The molecule has 0 radical (unpaired) electrons. The second-order valence-corrected chi connectivity index (χ2v) is 6.93. The molecule has 0 aliphatic carbocycles. The van der Waals surface area contributed by atoms with Gasteiger partial charge in [-0.05, 0) is 63.2 Å². The van der Waals surface area contributed by atoms with E-state index in [9.17, 15) is 9.59 Å². The van der Waals surface area contributed by atoms with Crippen LogP contribution in [0, 0.1) is 13.8 Å². The fourth-order valence-corrected chi connectivity index (χ4v) is 3.66. The number of anilines is 2. The van der Waals surface area contributed by atoms with Gasteiger partial charge in [-0.15, -0.1) is 11.3 Å². The van der Waals surface area contributed by atoms with Crippen LogP contribution in [0.1, 0.15) is 45.0 Å². The van der Waals surface area contributed by atoms with E-state index in [0.717, 1.165) is 16.9 Å². The van der Waals surface area contributed by atoms with Crippen molar-refractivity contribution in [2.75, 3.05) is 23.8 Å². The highest BCUT2D eigenvalue weighted by molar-refractivity contribution is 7.80. The SMILES string of the molecule is CCOC(=O)c1sc(NC(=S)Nc2cc(C)ccn2)c(C(=O)OCC)c1C. The molecule has 7 nitrogen and oxygen atoms in total. The van der Waals surface area contributed by atoms with E-state index in [4.69, 9.17) is 21.7 Å². The molecular formula is C18H21N3O4S2. The Morgan fingerprint density at radius 1 is 1.15 bits per heavy atom. The Kier molecular flexibility index (Phi) is 7.26. The number of carbonyl (C=O) groups is 2. The number of hydrogen-bond acceptors (Lipinski definition) is 7. The molecule has 0 unspecified atom stereocenters. The molecule has 2 N–H and O–H groups in total. The highest BCUT2D eigenvalue weighted by atomic mass is 32.1. The van der Waals surface area contributed by atoms with Crippen LogP contribution in [0.5, 0.6) is 0 Å². The van der Waals surface area contributed by atoms with Crippen LogP contribution in [-0.4, -0.2) is 35.2 Å². The quantitative estimate of drug-likeness (QED) is 0.550. The lowest BCUT2D eigenvalue weighted by Crippen LogP contribution is -2.21. The van der Waals surface area contributed by atoms with Crippen LogP contribution in [-0.2, 0) is 9.47 Å². The lowest BCUT2D eigenvalue weighted by molar-refractivity contribution is 0.0527. The molecule has 2 aromatic heterocycles. The van der Waals surface area contributed by atoms with Crippen LogP contribution >= 0.6 is 23.6 Å². The fraction of sp³-hybridized carbons (Fsp3) is 0.333. The number of aromatic nitrogens is 1. The van der Waals surface area contributed by atoms with E-state index in [1.54, 1.807) is 27.0 Å². The number of nitrogens with zero attached hydrogens (tertiary/aromatic N) is 1. The number of nitrogens with one attached hydrogen (secondary N) is 2. The first-order chi connectivity index (χ1) is 12.9. The van der Waals surface area contributed by atoms with E-state index in [2.05, 4.69) is 15.6 Å². The molecule has 0 spiro atoms. The van der Waals surface area contributed by atoms with Crippen molar-refractivity contribution in [2.45, 2.75) is 27.7 Å². The second kappa shape index (κ2) is 9.43. The Morgan fingerprint density at radius 2 is 1.81 bits per heavy atom. The third kappa shape index (κ3) is 5.24. The first kappa shape index (κ1) is 20.8. The van der Waals surface area contributed by atoms with E-state index < -0.39 is 11.9 Å². The molecule has 0 fully saturated rings. The molecular weight excluding hydrogens is 386 g/mol. The molecule has 144 valence electrons. The minimum absolute atomic E-state index is 0.220. The van der Waals surface area contributed by atoms with Gasteiger partial charge in [0.2, 0.25) is 0 Å². The van der Waals surface area contributed by atoms with E-state index in [-0.39, 0.29) is 23.9 Å². The van der Waals surface area contributed by atoms with Gasteiger partial charge in [-0.1, -0.05) is 0 Å². The number of esters is 2. The molecule has 0 amide bonds. The number of ether oxygens (including phenoxy) is 2. The molecule has 0 atom stereocenters. The van der Waals surface area contributed by atoms with Gasteiger partial charge in [-0.3, -0.25) is 0 Å². The van der Waals surface area contributed by atoms with Crippen molar-refractivity contribution >= 4 is 51.4 Å². The summed E-state index contributed by atoms with van der Waals surface area (Å²) >= 11 is 6.41. The van der Waals surface area contributed by atoms with Gasteiger partial charge in [0.05, 0.1) is 18.8 Å². The average molecular weight is 408 g/mol. The first-order valence-electron chi connectivity index (χ1n) is 8.35. The molecule has 2 rings (SSSR count). The summed E-state index contributed by atoms with van der Waals surface area (Å²) in [7, 11) is 0. The van der Waals surface area contributed by atoms with Gasteiger partial charge in [0.25, 0.3) is 0 Å². The fourth-order valence-electron chi connectivity index (χ4n) is 2.30. The summed E-state index contributed by atoms with van der Waals surface area (Å²) in [4.78, 5) is 29.1. The number of pyridine rings is 1. The molecule has 0 aliphatic rings. The minimum atomic E-state index is -0.527. The maximum atomic E-state index is 12.4. The highest BCUT2D eigenvalue weighted by Crippen LogP contribution is 2.34. The summed E-state index contributed by atoms with van der Waals surface area (Å²) in [6.07, 6.45) is 1.67. The number of thiophene rings is 1. The maximum Gasteiger partial charge on any atom is 0.348 e. The van der Waals surface area contributed by atoms with Crippen molar-refractivity contribution in [1.29, 1.82) is 0 Å². The van der Waals surface area contributed by atoms with Crippen LogP contribution < -0.4 is 10.6 Å². The number of carbonyl (C=O) groups excluding carboxylic acids is 2.